The van der Waals surface area contributed by atoms with Gasteiger partial charge in [0, 0.05) is 6.42 Å². The third-order valence-electron chi connectivity index (χ3n) is 7.99. The van der Waals surface area contributed by atoms with Gasteiger partial charge in [0.2, 0.25) is 23.6 Å². The second kappa shape index (κ2) is 20.6. The Balaban J connectivity index is 6.03. The highest BCUT2D eigenvalue weighted by atomic mass is 16.4. The molecule has 0 saturated heterocycles. The van der Waals surface area contributed by atoms with E-state index in [1.54, 1.807) is 34.6 Å². The number of carboxylic acids is 2. The SMILES string of the molecule is CC[C@H](C)[C@H](N)C(=O)N[C@@H](CCC(=O)O)C(=O)N[C@H](C(=O)N[C@@H](CCCCN)C(=O)N[C@H](C(=O)O)[C@@H](C)CC)[C@@H](C)CC. The molecule has 0 aromatic carbocycles. The molecule has 0 aliphatic rings. The molecule has 0 aliphatic heterocycles. The van der Waals surface area contributed by atoms with E-state index in [1.165, 1.54) is 0 Å². The third-order valence-corrected chi connectivity index (χ3v) is 7.99. The summed E-state index contributed by atoms with van der Waals surface area (Å²) in [6, 6.07) is -5.58. The first-order chi connectivity index (χ1) is 20.1. The molecule has 4 amide bonds. The third kappa shape index (κ3) is 14.2. The number of carbonyl (C=O) groups is 6. The minimum Gasteiger partial charge on any atom is -0.481 e. The molecule has 14 nitrogen and oxygen atoms in total. The van der Waals surface area contributed by atoms with Crippen LogP contribution in [0, 0.1) is 17.8 Å². The van der Waals surface area contributed by atoms with Crippen LogP contribution in [0.3, 0.4) is 0 Å². The lowest BCUT2D eigenvalue weighted by Gasteiger charge is -2.29. The quantitative estimate of drug-likeness (QED) is 0.0783. The Bertz CT molecular complexity index is 933. The van der Waals surface area contributed by atoms with Gasteiger partial charge in [-0.15, -0.1) is 0 Å². The number of carboxylic acid groups (broad SMARTS) is 2. The maximum Gasteiger partial charge on any atom is 0.326 e. The molecule has 0 rings (SSSR count). The van der Waals surface area contributed by atoms with E-state index in [-0.39, 0.29) is 24.7 Å². The van der Waals surface area contributed by atoms with Crippen molar-refractivity contribution >= 4 is 35.6 Å². The molecule has 8 atom stereocenters. The maximum absolute atomic E-state index is 13.5. The van der Waals surface area contributed by atoms with Crippen molar-refractivity contribution in [3.05, 3.63) is 0 Å². The van der Waals surface area contributed by atoms with E-state index in [2.05, 4.69) is 21.3 Å². The number of hydrogen-bond donors (Lipinski definition) is 8. The average molecular weight is 615 g/mol. The molecule has 0 aliphatic carbocycles. The fraction of sp³-hybridized carbons (Fsp3) is 0.793. The Labute approximate surface area is 254 Å². The topological polar surface area (TPSA) is 243 Å². The smallest absolute Gasteiger partial charge is 0.326 e. The summed E-state index contributed by atoms with van der Waals surface area (Å²) in [5.41, 5.74) is 11.6. The van der Waals surface area contributed by atoms with E-state index in [9.17, 15) is 39.0 Å². The van der Waals surface area contributed by atoms with Gasteiger partial charge in [0.15, 0.2) is 0 Å². The van der Waals surface area contributed by atoms with Crippen LogP contribution in [0.1, 0.15) is 92.9 Å². The minimum atomic E-state index is -1.27. The van der Waals surface area contributed by atoms with Gasteiger partial charge >= 0.3 is 11.9 Å². The van der Waals surface area contributed by atoms with Gasteiger partial charge in [-0.2, -0.15) is 0 Å². The van der Waals surface area contributed by atoms with Gasteiger partial charge < -0.3 is 42.9 Å². The van der Waals surface area contributed by atoms with Crippen molar-refractivity contribution in [2.45, 2.75) is 123 Å². The van der Waals surface area contributed by atoms with Gasteiger partial charge in [0.05, 0.1) is 6.04 Å². The number of unbranched alkanes of at least 4 members (excludes halogenated alkanes) is 1. The van der Waals surface area contributed by atoms with Crippen LogP contribution in [-0.2, 0) is 28.8 Å². The molecule has 0 radical (unpaired) electrons. The predicted molar refractivity (Wildman–Crippen MR) is 161 cm³/mol. The van der Waals surface area contributed by atoms with Crippen LogP contribution in [-0.4, -0.2) is 82.5 Å². The standard InChI is InChI=1S/C29H54N6O8/c1-7-16(4)22(31)27(40)32-20(13-14-21(36)37)26(39)34-23(17(5)8-2)28(41)33-19(12-10-11-15-30)25(38)35-24(29(42)43)18(6)9-3/h16-20,22-24H,7-15,30-31H2,1-6H3,(H,32,40)(H,33,41)(H,34,39)(H,35,38)(H,36,37)(H,42,43)/t16-,17-,18-,19-,20-,22-,23-,24-/m0/s1. The van der Waals surface area contributed by atoms with Gasteiger partial charge in [0.1, 0.15) is 24.2 Å². The van der Waals surface area contributed by atoms with E-state index in [4.69, 9.17) is 11.5 Å². The monoisotopic (exact) mass is 614 g/mol. The number of aliphatic carboxylic acids is 2. The maximum atomic E-state index is 13.5. The summed E-state index contributed by atoms with van der Waals surface area (Å²) in [7, 11) is 0. The second-order valence-electron chi connectivity index (χ2n) is 11.3. The van der Waals surface area contributed by atoms with Crippen molar-refractivity contribution in [2.75, 3.05) is 6.54 Å². The van der Waals surface area contributed by atoms with E-state index in [1.807, 2.05) is 6.92 Å². The molecule has 0 bridgehead atoms. The Kier molecular flexibility index (Phi) is 19.0. The molecule has 0 spiro atoms. The summed E-state index contributed by atoms with van der Waals surface area (Å²) < 4.78 is 0. The van der Waals surface area contributed by atoms with Crippen LogP contribution >= 0.6 is 0 Å². The Morgan fingerprint density at radius 3 is 1.56 bits per heavy atom. The zero-order chi connectivity index (χ0) is 33.3. The molecule has 14 heteroatoms. The molecular formula is C29H54N6O8. The van der Waals surface area contributed by atoms with Crippen molar-refractivity contribution in [1.82, 2.24) is 21.3 Å². The van der Waals surface area contributed by atoms with Crippen molar-refractivity contribution in [3.8, 4) is 0 Å². The zero-order valence-corrected chi connectivity index (χ0v) is 26.5. The van der Waals surface area contributed by atoms with Gasteiger partial charge in [-0.05, 0) is 50.0 Å². The summed E-state index contributed by atoms with van der Waals surface area (Å²) in [4.78, 5) is 75.8. The highest BCUT2D eigenvalue weighted by Crippen LogP contribution is 2.13. The number of carbonyl (C=O) groups excluding carboxylic acids is 4. The molecular weight excluding hydrogens is 560 g/mol. The Morgan fingerprint density at radius 2 is 1.09 bits per heavy atom. The summed E-state index contributed by atoms with van der Waals surface area (Å²) in [6.45, 7) is 11.0. The second-order valence-corrected chi connectivity index (χ2v) is 11.3. The minimum absolute atomic E-state index is 0.188. The van der Waals surface area contributed by atoms with Crippen LogP contribution < -0.4 is 32.7 Å². The van der Waals surface area contributed by atoms with Crippen molar-refractivity contribution in [3.63, 3.8) is 0 Å². The zero-order valence-electron chi connectivity index (χ0n) is 26.5. The Morgan fingerprint density at radius 1 is 0.628 bits per heavy atom. The molecule has 0 heterocycles. The van der Waals surface area contributed by atoms with Crippen LogP contribution in [0.4, 0.5) is 0 Å². The molecule has 248 valence electrons. The molecule has 43 heavy (non-hydrogen) atoms. The number of hydrogen-bond acceptors (Lipinski definition) is 8. The van der Waals surface area contributed by atoms with Gasteiger partial charge in [-0.1, -0.05) is 60.8 Å². The fourth-order valence-corrected chi connectivity index (χ4v) is 4.23. The summed E-state index contributed by atoms with van der Waals surface area (Å²) >= 11 is 0. The van der Waals surface area contributed by atoms with Crippen molar-refractivity contribution in [2.24, 2.45) is 29.2 Å². The lowest BCUT2D eigenvalue weighted by molar-refractivity contribution is -0.144. The van der Waals surface area contributed by atoms with E-state index in [0.29, 0.717) is 38.6 Å². The van der Waals surface area contributed by atoms with Crippen LogP contribution in [0.2, 0.25) is 0 Å². The lowest BCUT2D eigenvalue weighted by atomic mass is 9.96. The number of nitrogens with one attached hydrogen (secondary N) is 4. The summed E-state index contributed by atoms with van der Waals surface area (Å²) in [5.74, 6) is -6.05. The largest absolute Gasteiger partial charge is 0.481 e. The first-order valence-electron chi connectivity index (χ1n) is 15.3. The summed E-state index contributed by atoms with van der Waals surface area (Å²) in [6.07, 6.45) is 2.17. The Hall–Kier alpha value is -3.26. The van der Waals surface area contributed by atoms with E-state index in [0.717, 1.165) is 0 Å². The first-order valence-corrected chi connectivity index (χ1v) is 15.3. The van der Waals surface area contributed by atoms with Crippen LogP contribution in [0.5, 0.6) is 0 Å². The van der Waals surface area contributed by atoms with E-state index >= 15 is 0 Å². The fourth-order valence-electron chi connectivity index (χ4n) is 4.23. The average Bonchev–Trinajstić information content (AvgIpc) is 2.97. The first kappa shape index (κ1) is 39.7. The molecule has 0 saturated carbocycles. The normalized spacial score (nSPS) is 16.7. The number of rotatable bonds is 22. The highest BCUT2D eigenvalue weighted by Gasteiger charge is 2.34. The number of nitrogens with two attached hydrogens (primary N) is 2. The highest BCUT2D eigenvalue weighted by molar-refractivity contribution is 5.95. The van der Waals surface area contributed by atoms with Crippen molar-refractivity contribution in [1.29, 1.82) is 0 Å². The van der Waals surface area contributed by atoms with Gasteiger partial charge in [0.25, 0.3) is 0 Å². The van der Waals surface area contributed by atoms with Crippen LogP contribution in [0.25, 0.3) is 0 Å². The molecule has 0 aromatic rings. The van der Waals surface area contributed by atoms with E-state index < -0.39 is 78.1 Å². The lowest BCUT2D eigenvalue weighted by Crippen LogP contribution is -2.60. The van der Waals surface area contributed by atoms with Crippen molar-refractivity contribution < 1.29 is 39.0 Å². The number of amides is 4. The molecule has 0 aromatic heterocycles. The van der Waals surface area contributed by atoms with Crippen LogP contribution in [0.15, 0.2) is 0 Å². The molecule has 0 fully saturated rings. The van der Waals surface area contributed by atoms with Gasteiger partial charge in [-0.3, -0.25) is 24.0 Å². The molecule has 10 N–H and O–H groups in total. The predicted octanol–water partition coefficient (Wildman–Crippen LogP) is 0.470. The summed E-state index contributed by atoms with van der Waals surface area (Å²) in [5, 5.41) is 29.2. The van der Waals surface area contributed by atoms with Gasteiger partial charge in [-0.25, -0.2) is 4.79 Å². The molecule has 0 unspecified atom stereocenters.